The Morgan fingerprint density at radius 2 is 2.00 bits per heavy atom. The number of hydrogen-bond donors (Lipinski definition) is 2. The van der Waals surface area contributed by atoms with Crippen LogP contribution in [-0.4, -0.2) is 36.6 Å². The topological polar surface area (TPSA) is 112 Å². The number of benzene rings is 2. The van der Waals surface area contributed by atoms with Gasteiger partial charge in [0.25, 0.3) is 10.2 Å². The van der Waals surface area contributed by atoms with E-state index in [2.05, 4.69) is 15.0 Å². The first-order valence-corrected chi connectivity index (χ1v) is 9.29. The third-order valence-corrected chi connectivity index (χ3v) is 5.01. The summed E-state index contributed by atoms with van der Waals surface area (Å²) >= 11 is 0. The second-order valence-corrected chi connectivity index (χ2v) is 7.40. The van der Waals surface area contributed by atoms with Crippen molar-refractivity contribution in [2.75, 3.05) is 7.11 Å². The molecule has 1 unspecified atom stereocenters. The van der Waals surface area contributed by atoms with Crippen LogP contribution in [0.25, 0.3) is 16.7 Å². The fourth-order valence-electron chi connectivity index (χ4n) is 3.27. The molecule has 1 aliphatic rings. The van der Waals surface area contributed by atoms with Crippen LogP contribution < -0.4 is 14.6 Å². The summed E-state index contributed by atoms with van der Waals surface area (Å²) in [6, 6.07) is 11.4. The zero-order valence-electron chi connectivity index (χ0n) is 13.5. The monoisotopic (exact) mass is 359 g/mol. The summed E-state index contributed by atoms with van der Waals surface area (Å²) in [5.74, 6) is 0.727. The van der Waals surface area contributed by atoms with E-state index in [9.17, 15) is 8.42 Å². The molecule has 1 heterocycles. The lowest BCUT2D eigenvalue weighted by Gasteiger charge is -2.08. The third kappa shape index (κ3) is 3.09. The van der Waals surface area contributed by atoms with E-state index >= 15 is 0 Å². The molecule has 0 saturated heterocycles. The number of nitrogens with two attached hydrogens (primary N) is 1. The zero-order valence-corrected chi connectivity index (χ0v) is 14.3. The highest BCUT2D eigenvalue weighted by molar-refractivity contribution is 7.87. The quantitative estimate of drug-likeness (QED) is 0.712. The summed E-state index contributed by atoms with van der Waals surface area (Å²) in [7, 11) is -2.09. The largest absolute Gasteiger partial charge is 0.497 e. The molecule has 3 aromatic rings. The van der Waals surface area contributed by atoms with Gasteiger partial charge >= 0.3 is 0 Å². The molecule has 0 fully saturated rings. The van der Waals surface area contributed by atoms with Gasteiger partial charge in [-0.2, -0.15) is 13.1 Å². The van der Waals surface area contributed by atoms with Gasteiger partial charge in [-0.3, -0.25) is 0 Å². The summed E-state index contributed by atoms with van der Waals surface area (Å²) in [5.41, 5.74) is 4.68. The molecule has 0 amide bonds. The van der Waals surface area contributed by atoms with E-state index in [1.54, 1.807) is 11.8 Å². The molecule has 8 nitrogen and oxygen atoms in total. The Labute approximate surface area is 144 Å². The molecule has 0 spiro atoms. The smallest absolute Gasteiger partial charge is 0.274 e. The number of nitrogens with one attached hydrogen (secondary N) is 1. The average Bonchev–Trinajstić information content (AvgIpc) is 3.14. The zero-order chi connectivity index (χ0) is 17.6. The molecule has 1 aliphatic carbocycles. The molecule has 2 aromatic carbocycles. The van der Waals surface area contributed by atoms with Crippen LogP contribution in [0.3, 0.4) is 0 Å². The van der Waals surface area contributed by atoms with Crippen molar-refractivity contribution in [1.82, 2.24) is 19.7 Å². The van der Waals surface area contributed by atoms with Crippen LogP contribution in [0, 0.1) is 0 Å². The summed E-state index contributed by atoms with van der Waals surface area (Å²) < 4.78 is 31.9. The predicted octanol–water partition coefficient (Wildman–Crippen LogP) is 0.689. The van der Waals surface area contributed by atoms with Crippen LogP contribution >= 0.6 is 0 Å². The standard InChI is InChI=1S/C16H17N5O3S/c1-24-14-4-5-16-15(9-14)18-20-21(16)13-3-2-10-6-12(7-11(10)8-13)19-25(17,22)23/h2-5,8-9,12,19H,6-7H2,1H3,(H2,17,22,23). The molecule has 25 heavy (non-hydrogen) atoms. The summed E-state index contributed by atoms with van der Waals surface area (Å²) in [6.07, 6.45) is 1.22. The van der Waals surface area contributed by atoms with Crippen molar-refractivity contribution < 1.29 is 13.2 Å². The molecule has 9 heteroatoms. The lowest BCUT2D eigenvalue weighted by atomic mass is 10.1. The molecule has 4 rings (SSSR count). The Morgan fingerprint density at radius 1 is 1.20 bits per heavy atom. The first-order chi connectivity index (χ1) is 11.9. The number of methoxy groups -OCH3 is 1. The van der Waals surface area contributed by atoms with Crippen molar-refractivity contribution in [3.63, 3.8) is 0 Å². The molecule has 0 radical (unpaired) electrons. The number of rotatable bonds is 4. The highest BCUT2D eigenvalue weighted by atomic mass is 32.2. The van der Waals surface area contributed by atoms with Gasteiger partial charge in [0.05, 0.1) is 18.3 Å². The second-order valence-electron chi connectivity index (χ2n) is 6.08. The van der Waals surface area contributed by atoms with Crippen LogP contribution in [0.2, 0.25) is 0 Å². The van der Waals surface area contributed by atoms with E-state index in [0.717, 1.165) is 33.6 Å². The van der Waals surface area contributed by atoms with Crippen molar-refractivity contribution in [3.8, 4) is 11.4 Å². The summed E-state index contributed by atoms with van der Waals surface area (Å²) in [5, 5.41) is 13.5. The van der Waals surface area contributed by atoms with Crippen molar-refractivity contribution in [2.24, 2.45) is 5.14 Å². The van der Waals surface area contributed by atoms with Gasteiger partial charge in [-0.05, 0) is 48.2 Å². The first kappa shape index (κ1) is 16.0. The summed E-state index contributed by atoms with van der Waals surface area (Å²) in [4.78, 5) is 0. The fraction of sp³-hybridized carbons (Fsp3) is 0.250. The number of aromatic nitrogens is 3. The van der Waals surface area contributed by atoms with Crippen molar-refractivity contribution in [3.05, 3.63) is 47.5 Å². The van der Waals surface area contributed by atoms with Crippen molar-refractivity contribution in [1.29, 1.82) is 0 Å². The normalized spacial score (nSPS) is 17.0. The van der Waals surface area contributed by atoms with Gasteiger partial charge < -0.3 is 4.74 Å². The SMILES string of the molecule is COc1ccc2c(c1)nnn2-c1ccc2c(c1)CC(NS(N)(=O)=O)C2. The maximum absolute atomic E-state index is 11.2. The van der Waals surface area contributed by atoms with Gasteiger partial charge in [0, 0.05) is 12.1 Å². The average molecular weight is 359 g/mol. The summed E-state index contributed by atoms with van der Waals surface area (Å²) in [6.45, 7) is 0. The Morgan fingerprint density at radius 3 is 2.76 bits per heavy atom. The highest BCUT2D eigenvalue weighted by Gasteiger charge is 2.24. The third-order valence-electron chi connectivity index (χ3n) is 4.35. The van der Waals surface area contributed by atoms with E-state index in [1.807, 2.05) is 36.4 Å². The predicted molar refractivity (Wildman–Crippen MR) is 92.9 cm³/mol. The number of fused-ring (bicyclic) bond motifs is 2. The van der Waals surface area contributed by atoms with Crippen LogP contribution in [0.15, 0.2) is 36.4 Å². The Kier molecular flexibility index (Phi) is 3.71. The lowest BCUT2D eigenvalue weighted by Crippen LogP contribution is -2.39. The minimum Gasteiger partial charge on any atom is -0.497 e. The Hall–Kier alpha value is -2.49. The van der Waals surface area contributed by atoms with E-state index < -0.39 is 10.2 Å². The van der Waals surface area contributed by atoms with Gasteiger partial charge in [-0.1, -0.05) is 11.3 Å². The van der Waals surface area contributed by atoms with Crippen molar-refractivity contribution in [2.45, 2.75) is 18.9 Å². The van der Waals surface area contributed by atoms with Gasteiger partial charge in [0.2, 0.25) is 0 Å². The fourth-order valence-corrected chi connectivity index (χ4v) is 3.90. The maximum atomic E-state index is 11.2. The highest BCUT2D eigenvalue weighted by Crippen LogP contribution is 2.27. The van der Waals surface area contributed by atoms with E-state index in [-0.39, 0.29) is 6.04 Å². The number of hydrogen-bond acceptors (Lipinski definition) is 5. The van der Waals surface area contributed by atoms with Crippen molar-refractivity contribution >= 4 is 21.2 Å². The van der Waals surface area contributed by atoms with Crippen LogP contribution in [0.5, 0.6) is 5.75 Å². The molecular weight excluding hydrogens is 342 g/mol. The van der Waals surface area contributed by atoms with Crippen LogP contribution in [-0.2, 0) is 23.1 Å². The molecule has 130 valence electrons. The van der Waals surface area contributed by atoms with E-state index in [4.69, 9.17) is 9.88 Å². The molecule has 1 aromatic heterocycles. The number of ether oxygens (including phenoxy) is 1. The maximum Gasteiger partial charge on any atom is 0.274 e. The van der Waals surface area contributed by atoms with E-state index in [1.165, 1.54) is 0 Å². The van der Waals surface area contributed by atoms with Crippen LogP contribution in [0.4, 0.5) is 0 Å². The molecule has 0 saturated carbocycles. The first-order valence-electron chi connectivity index (χ1n) is 7.74. The molecule has 0 bridgehead atoms. The van der Waals surface area contributed by atoms with E-state index in [0.29, 0.717) is 12.8 Å². The second kappa shape index (κ2) is 5.80. The molecular formula is C16H17N5O3S. The molecule has 1 atom stereocenters. The van der Waals surface area contributed by atoms with Gasteiger partial charge in [-0.15, -0.1) is 5.10 Å². The minimum absolute atomic E-state index is 0.211. The minimum atomic E-state index is -3.70. The Balaban J connectivity index is 1.67. The molecule has 0 aliphatic heterocycles. The van der Waals surface area contributed by atoms with Crippen LogP contribution in [0.1, 0.15) is 11.1 Å². The van der Waals surface area contributed by atoms with Gasteiger partial charge in [0.15, 0.2) is 0 Å². The Bertz CT molecular complexity index is 1060. The number of nitrogens with zero attached hydrogens (tertiary/aromatic N) is 3. The lowest BCUT2D eigenvalue weighted by molar-refractivity contribution is 0.415. The molecule has 3 N–H and O–H groups in total. The van der Waals surface area contributed by atoms with Gasteiger partial charge in [-0.25, -0.2) is 9.82 Å². The van der Waals surface area contributed by atoms with Gasteiger partial charge in [0.1, 0.15) is 11.3 Å².